The molecule has 2 aliphatic rings. The number of nitrogens with zero attached hydrogens (tertiary/aromatic N) is 2. The van der Waals surface area contributed by atoms with E-state index in [1.165, 1.54) is 4.90 Å². The first-order chi connectivity index (χ1) is 11.1. The molecule has 0 aromatic heterocycles. The number of carboxylic acids is 1. The van der Waals surface area contributed by atoms with Crippen LogP contribution in [0.2, 0.25) is 0 Å². The van der Waals surface area contributed by atoms with E-state index in [9.17, 15) is 14.7 Å². The van der Waals surface area contributed by atoms with Gasteiger partial charge in [0.05, 0.1) is 13.2 Å². The molecule has 1 N–H and O–H groups in total. The average Bonchev–Trinajstić information content (AvgIpc) is 2.59. The van der Waals surface area contributed by atoms with E-state index in [0.29, 0.717) is 39.1 Å². The molecule has 2 heterocycles. The Hall–Kier alpha value is -1.92. The van der Waals surface area contributed by atoms with Crippen LogP contribution in [0.3, 0.4) is 0 Å². The van der Waals surface area contributed by atoms with E-state index < -0.39 is 12.0 Å². The lowest BCUT2D eigenvalue weighted by molar-refractivity contribution is -0.151. The normalized spacial score (nSPS) is 21.7. The van der Waals surface area contributed by atoms with Gasteiger partial charge in [-0.25, -0.2) is 4.79 Å². The van der Waals surface area contributed by atoms with Crippen molar-refractivity contribution in [2.45, 2.75) is 25.4 Å². The van der Waals surface area contributed by atoms with Crippen LogP contribution in [0.15, 0.2) is 24.3 Å². The molecule has 0 radical (unpaired) electrons. The maximum absolute atomic E-state index is 12.6. The summed E-state index contributed by atoms with van der Waals surface area (Å²) in [7, 11) is 0. The van der Waals surface area contributed by atoms with Crippen LogP contribution in [0.5, 0.6) is 0 Å². The fourth-order valence-corrected chi connectivity index (χ4v) is 3.23. The molecule has 1 fully saturated rings. The molecule has 0 spiro atoms. The zero-order chi connectivity index (χ0) is 16.2. The van der Waals surface area contributed by atoms with Gasteiger partial charge in [0.15, 0.2) is 0 Å². The molecule has 0 aliphatic carbocycles. The molecule has 23 heavy (non-hydrogen) atoms. The van der Waals surface area contributed by atoms with Gasteiger partial charge in [-0.1, -0.05) is 24.3 Å². The Bertz CT molecular complexity index is 584. The number of fused-ring (bicyclic) bond motifs is 1. The number of carbonyl (C=O) groups excluding carboxylic acids is 1. The fraction of sp³-hybridized carbons (Fsp3) is 0.529. The number of carboxylic acid groups (broad SMARTS) is 1. The van der Waals surface area contributed by atoms with Crippen molar-refractivity contribution in [3.8, 4) is 0 Å². The lowest BCUT2D eigenvalue weighted by atomic mass is 9.93. The first kappa shape index (κ1) is 16.0. The van der Waals surface area contributed by atoms with Crippen molar-refractivity contribution in [3.05, 3.63) is 35.4 Å². The molecule has 1 aromatic rings. The molecule has 1 atom stereocenters. The number of amides is 1. The smallest absolute Gasteiger partial charge is 0.326 e. The quantitative estimate of drug-likeness (QED) is 0.887. The lowest BCUT2D eigenvalue weighted by Crippen LogP contribution is -2.49. The van der Waals surface area contributed by atoms with Crippen LogP contribution in [0, 0.1) is 0 Å². The Labute approximate surface area is 135 Å². The minimum Gasteiger partial charge on any atom is -0.480 e. The first-order valence-corrected chi connectivity index (χ1v) is 8.04. The predicted octanol–water partition coefficient (Wildman–Crippen LogP) is 0.747. The minimum atomic E-state index is -0.931. The van der Waals surface area contributed by atoms with Crippen molar-refractivity contribution in [2.75, 3.05) is 32.8 Å². The van der Waals surface area contributed by atoms with E-state index in [1.807, 2.05) is 24.3 Å². The number of hydrogen-bond acceptors (Lipinski definition) is 4. The van der Waals surface area contributed by atoms with Crippen molar-refractivity contribution in [2.24, 2.45) is 0 Å². The van der Waals surface area contributed by atoms with Gasteiger partial charge in [0.1, 0.15) is 6.04 Å². The third kappa shape index (κ3) is 3.71. The Balaban J connectivity index is 1.66. The van der Waals surface area contributed by atoms with Crippen molar-refractivity contribution in [3.63, 3.8) is 0 Å². The summed E-state index contributed by atoms with van der Waals surface area (Å²) in [6, 6.07) is 6.99. The number of morpholine rings is 1. The highest BCUT2D eigenvalue weighted by Crippen LogP contribution is 2.24. The minimum absolute atomic E-state index is 0.0848. The number of hydrogen-bond donors (Lipinski definition) is 1. The number of benzene rings is 1. The number of carbonyl (C=O) groups is 2. The molecule has 6 nitrogen and oxygen atoms in total. The summed E-state index contributed by atoms with van der Waals surface area (Å²) in [5, 5.41) is 9.48. The van der Waals surface area contributed by atoms with Crippen LogP contribution >= 0.6 is 0 Å². The van der Waals surface area contributed by atoms with E-state index in [-0.39, 0.29) is 5.91 Å². The molecule has 3 rings (SSSR count). The highest BCUT2D eigenvalue weighted by Gasteiger charge is 2.34. The average molecular weight is 318 g/mol. The molecule has 0 bridgehead atoms. The van der Waals surface area contributed by atoms with Crippen molar-refractivity contribution in [1.82, 2.24) is 9.80 Å². The highest BCUT2D eigenvalue weighted by atomic mass is 16.5. The standard InChI is InChI=1S/C17H22N2O4/c20-16(5-6-18-7-9-23-10-8-18)19-12-14-4-2-1-3-13(14)11-15(19)17(21)22/h1-4,15H,5-12H2,(H,21,22). The molecule has 124 valence electrons. The largest absolute Gasteiger partial charge is 0.480 e. The van der Waals surface area contributed by atoms with Gasteiger partial charge < -0.3 is 14.7 Å². The van der Waals surface area contributed by atoms with Gasteiger partial charge in [0.2, 0.25) is 5.91 Å². The van der Waals surface area contributed by atoms with Gasteiger partial charge in [-0.15, -0.1) is 0 Å². The van der Waals surface area contributed by atoms with Crippen LogP contribution in [-0.2, 0) is 27.3 Å². The topological polar surface area (TPSA) is 70.1 Å². The lowest BCUT2D eigenvalue weighted by Gasteiger charge is -2.35. The maximum atomic E-state index is 12.6. The summed E-state index contributed by atoms with van der Waals surface area (Å²) in [6.45, 7) is 4.10. The van der Waals surface area contributed by atoms with Gasteiger partial charge in [-0.3, -0.25) is 9.69 Å². The maximum Gasteiger partial charge on any atom is 0.326 e. The molecule has 6 heteroatoms. The highest BCUT2D eigenvalue weighted by molar-refractivity contribution is 5.84. The third-order valence-corrected chi connectivity index (χ3v) is 4.60. The Morgan fingerprint density at radius 3 is 2.57 bits per heavy atom. The van der Waals surface area contributed by atoms with Crippen LogP contribution in [0.4, 0.5) is 0 Å². The van der Waals surface area contributed by atoms with Gasteiger partial charge in [0, 0.05) is 39.0 Å². The van der Waals surface area contributed by atoms with Gasteiger partial charge in [0.25, 0.3) is 0 Å². The Kier molecular flexibility index (Phi) is 4.93. The van der Waals surface area contributed by atoms with Crippen LogP contribution in [0.1, 0.15) is 17.5 Å². The second-order valence-corrected chi connectivity index (χ2v) is 6.05. The van der Waals surface area contributed by atoms with Crippen molar-refractivity contribution in [1.29, 1.82) is 0 Å². The predicted molar refractivity (Wildman–Crippen MR) is 84.0 cm³/mol. The summed E-state index contributed by atoms with van der Waals surface area (Å²) < 4.78 is 5.30. The van der Waals surface area contributed by atoms with E-state index in [1.54, 1.807) is 0 Å². The van der Waals surface area contributed by atoms with Crippen molar-refractivity contribution >= 4 is 11.9 Å². The fourth-order valence-electron chi connectivity index (χ4n) is 3.23. The summed E-state index contributed by atoms with van der Waals surface area (Å²) in [6.07, 6.45) is 0.737. The van der Waals surface area contributed by atoms with Crippen LogP contribution in [-0.4, -0.2) is 65.7 Å². The molecule has 1 unspecified atom stereocenters. The molecular weight excluding hydrogens is 296 g/mol. The Morgan fingerprint density at radius 1 is 1.17 bits per heavy atom. The molecule has 1 saturated heterocycles. The zero-order valence-corrected chi connectivity index (χ0v) is 13.1. The van der Waals surface area contributed by atoms with Crippen LogP contribution in [0.25, 0.3) is 0 Å². The number of aliphatic carboxylic acids is 1. The van der Waals surface area contributed by atoms with E-state index in [2.05, 4.69) is 4.90 Å². The van der Waals surface area contributed by atoms with Gasteiger partial charge >= 0.3 is 5.97 Å². The number of rotatable bonds is 4. The van der Waals surface area contributed by atoms with E-state index in [0.717, 1.165) is 24.2 Å². The molecular formula is C17H22N2O4. The van der Waals surface area contributed by atoms with Gasteiger partial charge in [-0.05, 0) is 11.1 Å². The van der Waals surface area contributed by atoms with Gasteiger partial charge in [-0.2, -0.15) is 0 Å². The summed E-state index contributed by atoms with van der Waals surface area (Å²) in [5.41, 5.74) is 2.07. The van der Waals surface area contributed by atoms with Crippen molar-refractivity contribution < 1.29 is 19.4 Å². The molecule has 1 amide bonds. The van der Waals surface area contributed by atoms with E-state index in [4.69, 9.17) is 4.74 Å². The van der Waals surface area contributed by atoms with E-state index >= 15 is 0 Å². The van der Waals surface area contributed by atoms with Crippen LogP contribution < -0.4 is 0 Å². The Morgan fingerprint density at radius 2 is 1.87 bits per heavy atom. The zero-order valence-electron chi connectivity index (χ0n) is 13.1. The third-order valence-electron chi connectivity index (χ3n) is 4.60. The molecule has 2 aliphatic heterocycles. The summed E-state index contributed by atoms with van der Waals surface area (Å²) >= 11 is 0. The second kappa shape index (κ2) is 7.10. The molecule has 1 aromatic carbocycles. The summed E-state index contributed by atoms with van der Waals surface area (Å²) in [4.78, 5) is 27.8. The number of ether oxygens (including phenoxy) is 1. The molecule has 0 saturated carbocycles. The summed E-state index contributed by atoms with van der Waals surface area (Å²) in [5.74, 6) is -1.02. The first-order valence-electron chi connectivity index (χ1n) is 8.04. The second-order valence-electron chi connectivity index (χ2n) is 6.05. The monoisotopic (exact) mass is 318 g/mol. The SMILES string of the molecule is O=C(O)C1Cc2ccccc2CN1C(=O)CCN1CCOCC1.